The molecule has 1 atom stereocenters. The van der Waals surface area contributed by atoms with Gasteiger partial charge in [-0.05, 0) is 32.3 Å². The van der Waals surface area contributed by atoms with Gasteiger partial charge in [-0.15, -0.1) is 0 Å². The number of benzene rings is 1. The van der Waals surface area contributed by atoms with E-state index >= 15 is 0 Å². The van der Waals surface area contributed by atoms with Crippen molar-refractivity contribution in [1.82, 2.24) is 4.98 Å². The molecule has 1 aliphatic rings. The highest BCUT2D eigenvalue weighted by atomic mass is 16.5. The first-order valence-corrected chi connectivity index (χ1v) is 6.60. The predicted octanol–water partition coefficient (Wildman–Crippen LogP) is 3.23. The van der Waals surface area contributed by atoms with Crippen LogP contribution >= 0.6 is 0 Å². The molecule has 2 aromatic rings. The maximum atomic E-state index is 6.34. The van der Waals surface area contributed by atoms with Gasteiger partial charge in [-0.3, -0.25) is 4.98 Å². The Hall–Kier alpha value is -1.61. The highest BCUT2D eigenvalue weighted by Crippen LogP contribution is 2.38. The normalized spacial score (nSPS) is 18.8. The van der Waals surface area contributed by atoms with Crippen LogP contribution < -0.4 is 5.73 Å². The van der Waals surface area contributed by atoms with Gasteiger partial charge in [0.2, 0.25) is 0 Å². The average molecular weight is 242 g/mol. The molecule has 0 radical (unpaired) electrons. The number of aromatic nitrogens is 1. The lowest BCUT2D eigenvalue weighted by atomic mass is 9.90. The number of anilines is 1. The number of nitrogen functional groups attached to an aromatic ring is 1. The van der Waals surface area contributed by atoms with Gasteiger partial charge in [0.1, 0.15) is 0 Å². The van der Waals surface area contributed by atoms with Gasteiger partial charge < -0.3 is 10.5 Å². The van der Waals surface area contributed by atoms with Crippen molar-refractivity contribution in [2.24, 2.45) is 0 Å². The quantitative estimate of drug-likeness (QED) is 0.879. The predicted molar refractivity (Wildman–Crippen MR) is 73.5 cm³/mol. The van der Waals surface area contributed by atoms with Crippen LogP contribution in [-0.4, -0.2) is 11.6 Å². The summed E-state index contributed by atoms with van der Waals surface area (Å²) in [6.45, 7) is 2.75. The van der Waals surface area contributed by atoms with Crippen LogP contribution in [0.3, 0.4) is 0 Å². The SMILES string of the molecule is CCOC1CCCc2nc3ccccc3c(N)c21. The summed E-state index contributed by atoms with van der Waals surface area (Å²) < 4.78 is 5.82. The third-order valence-electron chi connectivity index (χ3n) is 3.62. The number of hydrogen-bond acceptors (Lipinski definition) is 3. The molecule has 3 heteroatoms. The molecule has 18 heavy (non-hydrogen) atoms. The molecule has 3 nitrogen and oxygen atoms in total. The molecule has 0 saturated heterocycles. The Morgan fingerprint density at radius 2 is 2.22 bits per heavy atom. The second-order valence-corrected chi connectivity index (χ2v) is 4.74. The second kappa shape index (κ2) is 4.58. The molecule has 94 valence electrons. The highest BCUT2D eigenvalue weighted by Gasteiger charge is 2.25. The van der Waals surface area contributed by atoms with E-state index in [1.165, 1.54) is 0 Å². The fourth-order valence-corrected chi connectivity index (χ4v) is 2.82. The Labute approximate surface area is 107 Å². The van der Waals surface area contributed by atoms with Crippen molar-refractivity contribution in [2.45, 2.75) is 32.3 Å². The van der Waals surface area contributed by atoms with E-state index in [2.05, 4.69) is 0 Å². The summed E-state index contributed by atoms with van der Waals surface area (Å²) in [5.74, 6) is 0. The lowest BCUT2D eigenvalue weighted by Gasteiger charge is -2.26. The molecule has 2 N–H and O–H groups in total. The van der Waals surface area contributed by atoms with Gasteiger partial charge in [-0.25, -0.2) is 0 Å². The Morgan fingerprint density at radius 1 is 1.39 bits per heavy atom. The number of pyridine rings is 1. The zero-order valence-corrected chi connectivity index (χ0v) is 10.6. The van der Waals surface area contributed by atoms with E-state index in [1.54, 1.807) is 0 Å². The molecule has 1 unspecified atom stereocenters. The zero-order valence-electron chi connectivity index (χ0n) is 10.6. The van der Waals surface area contributed by atoms with Gasteiger partial charge >= 0.3 is 0 Å². The van der Waals surface area contributed by atoms with Gasteiger partial charge in [0.05, 0.1) is 11.6 Å². The molecular formula is C15H18N2O. The van der Waals surface area contributed by atoms with E-state index in [-0.39, 0.29) is 6.10 Å². The van der Waals surface area contributed by atoms with Crippen LogP contribution in [-0.2, 0) is 11.2 Å². The number of fused-ring (bicyclic) bond motifs is 2. The summed E-state index contributed by atoms with van der Waals surface area (Å²) in [7, 11) is 0. The Kier molecular flexibility index (Phi) is 2.92. The molecule has 1 heterocycles. The molecule has 0 spiro atoms. The van der Waals surface area contributed by atoms with Crippen LogP contribution in [0.5, 0.6) is 0 Å². The minimum atomic E-state index is 0.121. The average Bonchev–Trinajstić information content (AvgIpc) is 2.39. The van der Waals surface area contributed by atoms with Gasteiger partial charge in [0, 0.05) is 28.9 Å². The number of nitrogens with two attached hydrogens (primary N) is 1. The van der Waals surface area contributed by atoms with Gasteiger partial charge in [-0.1, -0.05) is 18.2 Å². The van der Waals surface area contributed by atoms with E-state index in [9.17, 15) is 0 Å². The maximum absolute atomic E-state index is 6.34. The number of ether oxygens (including phenoxy) is 1. The molecular weight excluding hydrogens is 224 g/mol. The lowest BCUT2D eigenvalue weighted by molar-refractivity contribution is 0.0501. The van der Waals surface area contributed by atoms with Gasteiger partial charge in [0.15, 0.2) is 0 Å². The van der Waals surface area contributed by atoms with E-state index in [1.807, 2.05) is 31.2 Å². The molecule has 1 aromatic heterocycles. The number of para-hydroxylation sites is 1. The molecule has 0 bridgehead atoms. The zero-order chi connectivity index (χ0) is 12.5. The molecule has 0 aliphatic heterocycles. The van der Waals surface area contributed by atoms with Crippen molar-refractivity contribution < 1.29 is 4.74 Å². The number of hydrogen-bond donors (Lipinski definition) is 1. The minimum Gasteiger partial charge on any atom is -0.398 e. The van der Waals surface area contributed by atoms with E-state index in [4.69, 9.17) is 15.5 Å². The van der Waals surface area contributed by atoms with Crippen LogP contribution in [0.4, 0.5) is 5.69 Å². The van der Waals surface area contributed by atoms with Crippen LogP contribution in [0.1, 0.15) is 37.1 Å². The fraction of sp³-hybridized carbons (Fsp3) is 0.400. The molecule has 1 aromatic carbocycles. The van der Waals surface area contributed by atoms with Gasteiger partial charge in [0.25, 0.3) is 0 Å². The summed E-state index contributed by atoms with van der Waals surface area (Å²) in [6.07, 6.45) is 3.30. The first kappa shape index (κ1) is 11.5. The summed E-state index contributed by atoms with van der Waals surface area (Å²) in [6, 6.07) is 8.07. The first-order valence-electron chi connectivity index (χ1n) is 6.60. The number of aryl methyl sites for hydroxylation is 1. The summed E-state index contributed by atoms with van der Waals surface area (Å²) in [5.41, 5.74) is 10.4. The van der Waals surface area contributed by atoms with E-state index in [0.29, 0.717) is 0 Å². The minimum absolute atomic E-state index is 0.121. The Morgan fingerprint density at radius 3 is 3.06 bits per heavy atom. The largest absolute Gasteiger partial charge is 0.398 e. The molecule has 1 aliphatic carbocycles. The Balaban J connectivity index is 2.22. The summed E-state index contributed by atoms with van der Waals surface area (Å²) in [4.78, 5) is 4.75. The monoisotopic (exact) mass is 242 g/mol. The standard InChI is InChI=1S/C15H18N2O/c1-2-18-13-9-5-8-12-14(13)15(16)10-6-3-4-7-11(10)17-12/h3-4,6-7,13H,2,5,8-9H2,1H3,(H2,16,17). The van der Waals surface area contributed by atoms with Gasteiger partial charge in [-0.2, -0.15) is 0 Å². The molecule has 0 amide bonds. The van der Waals surface area contributed by atoms with Crippen LogP contribution in [0, 0.1) is 0 Å². The Bertz CT molecular complexity index is 580. The summed E-state index contributed by atoms with van der Waals surface area (Å²) in [5, 5.41) is 1.04. The van der Waals surface area contributed by atoms with E-state index < -0.39 is 0 Å². The second-order valence-electron chi connectivity index (χ2n) is 4.74. The van der Waals surface area contributed by atoms with Crippen molar-refractivity contribution in [3.8, 4) is 0 Å². The third kappa shape index (κ3) is 1.75. The van der Waals surface area contributed by atoms with Crippen molar-refractivity contribution in [1.29, 1.82) is 0 Å². The lowest BCUT2D eigenvalue weighted by Crippen LogP contribution is -2.17. The van der Waals surface area contributed by atoms with E-state index in [0.717, 1.165) is 53.7 Å². The van der Waals surface area contributed by atoms with Crippen LogP contribution in [0.15, 0.2) is 24.3 Å². The van der Waals surface area contributed by atoms with Crippen molar-refractivity contribution in [3.63, 3.8) is 0 Å². The van der Waals surface area contributed by atoms with Crippen LogP contribution in [0.25, 0.3) is 10.9 Å². The third-order valence-corrected chi connectivity index (χ3v) is 3.62. The summed E-state index contributed by atoms with van der Waals surface area (Å²) >= 11 is 0. The topological polar surface area (TPSA) is 48.1 Å². The molecule has 0 saturated carbocycles. The number of nitrogens with zero attached hydrogens (tertiary/aromatic N) is 1. The smallest absolute Gasteiger partial charge is 0.0862 e. The fourth-order valence-electron chi connectivity index (χ4n) is 2.82. The van der Waals surface area contributed by atoms with Crippen molar-refractivity contribution in [3.05, 3.63) is 35.5 Å². The van der Waals surface area contributed by atoms with Crippen LogP contribution in [0.2, 0.25) is 0 Å². The molecule has 3 rings (SSSR count). The molecule has 0 fully saturated rings. The number of rotatable bonds is 2. The maximum Gasteiger partial charge on any atom is 0.0862 e. The van der Waals surface area contributed by atoms with Crippen molar-refractivity contribution >= 4 is 16.6 Å². The highest BCUT2D eigenvalue weighted by molar-refractivity contribution is 5.92. The van der Waals surface area contributed by atoms with Crippen molar-refractivity contribution in [2.75, 3.05) is 12.3 Å². The first-order chi connectivity index (χ1) is 8.81.